The Bertz CT molecular complexity index is 1160. The Morgan fingerprint density at radius 3 is 2.38 bits per heavy atom. The van der Waals surface area contributed by atoms with Crippen LogP contribution in [0.15, 0.2) is 30.3 Å². The highest BCUT2D eigenvalue weighted by atomic mass is 35.5. The molecule has 1 aliphatic carbocycles. The Labute approximate surface area is 220 Å². The molecule has 2 fully saturated rings. The van der Waals surface area contributed by atoms with Gasteiger partial charge in [0.2, 0.25) is 5.88 Å². The van der Waals surface area contributed by atoms with Crippen LogP contribution < -0.4 is 14.8 Å². The lowest BCUT2D eigenvalue weighted by Gasteiger charge is -2.39. The summed E-state index contributed by atoms with van der Waals surface area (Å²) in [6.07, 6.45) is 2.55. The minimum absolute atomic E-state index is 0.0171. The van der Waals surface area contributed by atoms with Crippen molar-refractivity contribution in [3.8, 4) is 17.7 Å². The molecule has 0 unspecified atom stereocenters. The first-order chi connectivity index (χ1) is 17.6. The second-order valence-corrected chi connectivity index (χ2v) is 10.6. The van der Waals surface area contributed by atoms with E-state index >= 15 is 0 Å². The van der Waals surface area contributed by atoms with Gasteiger partial charge in [0.15, 0.2) is 5.69 Å². The highest BCUT2D eigenvalue weighted by Gasteiger charge is 2.35. The van der Waals surface area contributed by atoms with Crippen molar-refractivity contribution < 1.29 is 23.8 Å². The summed E-state index contributed by atoms with van der Waals surface area (Å²) in [5.74, 6) is 0.640. The molecule has 1 saturated carbocycles. The molecule has 11 heteroatoms. The molecule has 1 aromatic carbocycles. The summed E-state index contributed by atoms with van der Waals surface area (Å²) in [4.78, 5) is 26.2. The lowest BCUT2D eigenvalue weighted by atomic mass is 9.93. The molecule has 10 nitrogen and oxygen atoms in total. The number of carbonyl (C=O) groups is 2. The van der Waals surface area contributed by atoms with Gasteiger partial charge in [0.05, 0.1) is 29.8 Å². The number of rotatable bonds is 6. The topological polar surface area (TPSA) is 127 Å². The number of carbonyl (C=O) groups excluding carboxylic acids is 2. The molecule has 4 rings (SSSR count). The fourth-order valence-electron chi connectivity index (χ4n) is 4.10. The van der Waals surface area contributed by atoms with Crippen molar-refractivity contribution in [2.24, 2.45) is 0 Å². The number of amides is 2. The Morgan fingerprint density at radius 2 is 1.78 bits per heavy atom. The number of nitrogens with zero attached hydrogens (tertiary/aromatic N) is 4. The third-order valence-electron chi connectivity index (χ3n) is 6.03. The normalized spacial score (nSPS) is 19.8. The molecular formula is C26H30ClN5O5. The monoisotopic (exact) mass is 527 g/mol. The Balaban J connectivity index is 1.18. The molecule has 1 N–H and O–H groups in total. The minimum atomic E-state index is -0.543. The van der Waals surface area contributed by atoms with Crippen LogP contribution >= 0.6 is 11.6 Å². The van der Waals surface area contributed by atoms with Crippen molar-refractivity contribution in [2.75, 3.05) is 13.1 Å². The van der Waals surface area contributed by atoms with E-state index in [0.717, 1.165) is 25.7 Å². The van der Waals surface area contributed by atoms with Gasteiger partial charge < -0.3 is 24.4 Å². The summed E-state index contributed by atoms with van der Waals surface area (Å²) in [7, 11) is 0. The van der Waals surface area contributed by atoms with E-state index in [-0.39, 0.29) is 35.9 Å². The molecule has 2 heterocycles. The average Bonchev–Trinajstić information content (AvgIpc) is 2.81. The Kier molecular flexibility index (Phi) is 8.03. The SMILES string of the molecule is CC(C)(C)OC(=O)N1CC(Oc2ccc(C(=O)NC3CCC(Oc4ccc(C#N)c(Cl)c4)CC3)nn2)C1. The van der Waals surface area contributed by atoms with Gasteiger partial charge >= 0.3 is 6.09 Å². The van der Waals surface area contributed by atoms with Crippen LogP contribution in [0, 0.1) is 11.3 Å². The second-order valence-electron chi connectivity index (χ2n) is 10.2. The van der Waals surface area contributed by atoms with Gasteiger partial charge in [-0.05, 0) is 64.7 Å². The number of hydrogen-bond acceptors (Lipinski definition) is 8. The van der Waals surface area contributed by atoms with Crippen LogP contribution in [0.1, 0.15) is 62.5 Å². The lowest BCUT2D eigenvalue weighted by Crippen LogP contribution is -2.57. The number of aromatic nitrogens is 2. The number of nitrogens with one attached hydrogen (secondary N) is 1. The first kappa shape index (κ1) is 26.5. The van der Waals surface area contributed by atoms with E-state index in [4.69, 9.17) is 31.1 Å². The number of nitriles is 1. The number of ether oxygens (including phenoxy) is 3. The molecule has 1 aliphatic heterocycles. The maximum absolute atomic E-state index is 12.6. The summed E-state index contributed by atoms with van der Waals surface area (Å²) in [6.45, 7) is 6.27. The molecule has 2 aliphatic rings. The molecule has 196 valence electrons. The van der Waals surface area contributed by atoms with Crippen LogP contribution in [0.2, 0.25) is 5.02 Å². The first-order valence-corrected chi connectivity index (χ1v) is 12.6. The lowest BCUT2D eigenvalue weighted by molar-refractivity contribution is -0.0234. The number of benzene rings is 1. The fraction of sp³-hybridized carbons (Fsp3) is 0.500. The summed E-state index contributed by atoms with van der Waals surface area (Å²) in [5.41, 5.74) is 0.0804. The van der Waals surface area contributed by atoms with Crippen LogP contribution in [0.25, 0.3) is 0 Å². The number of hydrogen-bond donors (Lipinski definition) is 1. The van der Waals surface area contributed by atoms with Crippen LogP contribution in [0.3, 0.4) is 0 Å². The molecule has 2 amide bonds. The van der Waals surface area contributed by atoms with E-state index in [1.165, 1.54) is 0 Å². The van der Waals surface area contributed by atoms with E-state index in [9.17, 15) is 9.59 Å². The van der Waals surface area contributed by atoms with E-state index in [1.54, 1.807) is 35.2 Å². The molecule has 0 radical (unpaired) electrons. The average molecular weight is 528 g/mol. The predicted molar refractivity (Wildman–Crippen MR) is 135 cm³/mol. The van der Waals surface area contributed by atoms with Gasteiger partial charge in [-0.25, -0.2) is 4.79 Å². The van der Waals surface area contributed by atoms with E-state index < -0.39 is 5.60 Å². The van der Waals surface area contributed by atoms with Crippen molar-refractivity contribution in [3.63, 3.8) is 0 Å². The molecule has 2 aromatic rings. The quantitative estimate of drug-likeness (QED) is 0.594. The van der Waals surface area contributed by atoms with E-state index in [2.05, 4.69) is 15.5 Å². The van der Waals surface area contributed by atoms with E-state index in [0.29, 0.717) is 35.3 Å². The zero-order valence-electron chi connectivity index (χ0n) is 21.1. The fourth-order valence-corrected chi connectivity index (χ4v) is 4.31. The largest absolute Gasteiger partial charge is 0.490 e. The van der Waals surface area contributed by atoms with Gasteiger partial charge in [-0.3, -0.25) is 4.79 Å². The van der Waals surface area contributed by atoms with Crippen LogP contribution in [-0.2, 0) is 4.74 Å². The van der Waals surface area contributed by atoms with Gasteiger partial charge in [-0.15, -0.1) is 10.2 Å². The highest BCUT2D eigenvalue weighted by molar-refractivity contribution is 6.31. The van der Waals surface area contributed by atoms with Gasteiger partial charge in [-0.1, -0.05) is 11.6 Å². The number of likely N-dealkylation sites (tertiary alicyclic amines) is 1. The van der Waals surface area contributed by atoms with Crippen LogP contribution in [0.4, 0.5) is 4.79 Å². The zero-order valence-corrected chi connectivity index (χ0v) is 21.8. The third-order valence-corrected chi connectivity index (χ3v) is 6.35. The number of halogens is 1. The maximum Gasteiger partial charge on any atom is 0.410 e. The standard InChI is InChI=1S/C26H30ClN5O5/c1-26(2,3)37-25(34)32-14-20(15-32)36-23-11-10-22(30-31-23)24(33)29-17-5-8-18(9-6-17)35-19-7-4-16(13-28)21(27)12-19/h4,7,10-12,17-18,20H,5-6,8-9,14-15H2,1-3H3,(H,29,33). The molecule has 0 atom stereocenters. The minimum Gasteiger partial charge on any atom is -0.490 e. The third kappa shape index (κ3) is 7.23. The summed E-state index contributed by atoms with van der Waals surface area (Å²) in [5, 5.41) is 20.4. The summed E-state index contributed by atoms with van der Waals surface area (Å²) in [6, 6.07) is 10.3. The molecule has 0 bridgehead atoms. The van der Waals surface area contributed by atoms with Crippen molar-refractivity contribution in [2.45, 2.75) is 70.3 Å². The maximum atomic E-state index is 12.6. The molecule has 1 saturated heterocycles. The zero-order chi connectivity index (χ0) is 26.6. The Morgan fingerprint density at radius 1 is 1.05 bits per heavy atom. The highest BCUT2D eigenvalue weighted by Crippen LogP contribution is 2.27. The van der Waals surface area contributed by atoms with Gasteiger partial charge in [0.25, 0.3) is 5.91 Å². The van der Waals surface area contributed by atoms with Crippen LogP contribution in [-0.4, -0.2) is 64.0 Å². The van der Waals surface area contributed by atoms with Crippen molar-refractivity contribution in [1.82, 2.24) is 20.4 Å². The molecular weight excluding hydrogens is 498 g/mol. The van der Waals surface area contributed by atoms with Crippen molar-refractivity contribution in [3.05, 3.63) is 46.6 Å². The molecule has 0 spiro atoms. The van der Waals surface area contributed by atoms with E-state index in [1.807, 2.05) is 26.8 Å². The second kappa shape index (κ2) is 11.2. The predicted octanol–water partition coefficient (Wildman–Crippen LogP) is 4.12. The first-order valence-electron chi connectivity index (χ1n) is 12.2. The smallest absolute Gasteiger partial charge is 0.410 e. The van der Waals surface area contributed by atoms with Crippen molar-refractivity contribution in [1.29, 1.82) is 5.26 Å². The van der Waals surface area contributed by atoms with Gasteiger partial charge in [-0.2, -0.15) is 5.26 Å². The molecule has 1 aromatic heterocycles. The summed E-state index contributed by atoms with van der Waals surface area (Å²) < 4.78 is 17.1. The summed E-state index contributed by atoms with van der Waals surface area (Å²) >= 11 is 6.08. The van der Waals surface area contributed by atoms with Crippen molar-refractivity contribution >= 4 is 23.6 Å². The van der Waals surface area contributed by atoms with Gasteiger partial charge in [0.1, 0.15) is 23.5 Å². The Hall–Kier alpha value is -3.58. The van der Waals surface area contributed by atoms with Crippen LogP contribution in [0.5, 0.6) is 11.6 Å². The van der Waals surface area contributed by atoms with Gasteiger partial charge in [0, 0.05) is 18.2 Å². The molecule has 37 heavy (non-hydrogen) atoms.